The number of benzene rings is 2. The molecule has 0 unspecified atom stereocenters. The minimum Gasteiger partial charge on any atom is -0.355 e. The third-order valence-corrected chi connectivity index (χ3v) is 6.21. The molecular weight excluding hydrogens is 460 g/mol. The highest BCUT2D eigenvalue weighted by atomic mass is 32.1. The van der Waals surface area contributed by atoms with Crippen molar-refractivity contribution in [2.24, 2.45) is 0 Å². The van der Waals surface area contributed by atoms with Gasteiger partial charge in [0.15, 0.2) is 5.11 Å². The van der Waals surface area contributed by atoms with Crippen LogP contribution in [0.15, 0.2) is 36.4 Å². The molecule has 11 heteroatoms. The van der Waals surface area contributed by atoms with Crippen molar-refractivity contribution in [2.45, 2.75) is 31.0 Å². The molecule has 1 heterocycles. The number of halogens is 4. The minimum atomic E-state index is -4.85. The normalized spacial score (nSPS) is 18.9. The number of alkyl halides is 3. The predicted octanol–water partition coefficient (Wildman–Crippen LogP) is 4.14. The van der Waals surface area contributed by atoms with Gasteiger partial charge in [-0.3, -0.25) is 14.5 Å². The Hall–Kier alpha value is -3.52. The van der Waals surface area contributed by atoms with Gasteiger partial charge in [-0.05, 0) is 67.9 Å². The molecule has 2 aromatic rings. The number of nitrogens with one attached hydrogen (secondary N) is 1. The summed E-state index contributed by atoms with van der Waals surface area (Å²) in [5.74, 6) is -2.84. The SMILES string of the molecule is [2H]C([2H])([2H])NC(=O)c1ccc(N2C(=S)N(c3ccc(C#N)c(C(F)(F)F)c3)C(=O)C23CCC3)cc1F. The van der Waals surface area contributed by atoms with Gasteiger partial charge in [0.25, 0.3) is 11.8 Å². The number of hydrogen-bond donors (Lipinski definition) is 1. The summed E-state index contributed by atoms with van der Waals surface area (Å²) in [6, 6.07) is 7.50. The molecule has 1 aliphatic heterocycles. The summed E-state index contributed by atoms with van der Waals surface area (Å²) in [6.45, 7) is -2.84. The summed E-state index contributed by atoms with van der Waals surface area (Å²) in [5.41, 5.74) is -3.77. The molecule has 4 rings (SSSR count). The molecule has 0 atom stereocenters. The van der Waals surface area contributed by atoms with Crippen molar-refractivity contribution in [3.8, 4) is 6.07 Å². The zero-order chi connectivity index (χ0) is 26.6. The topological polar surface area (TPSA) is 76.4 Å². The van der Waals surface area contributed by atoms with E-state index in [1.54, 1.807) is 5.32 Å². The molecule has 2 fully saturated rings. The molecule has 0 radical (unpaired) electrons. The van der Waals surface area contributed by atoms with Crippen LogP contribution in [-0.4, -0.2) is 29.4 Å². The van der Waals surface area contributed by atoms with E-state index in [0.717, 1.165) is 23.1 Å². The van der Waals surface area contributed by atoms with E-state index in [4.69, 9.17) is 21.6 Å². The quantitative estimate of drug-likeness (QED) is 0.529. The number of carbonyl (C=O) groups excluding carboxylic acids is 2. The Bertz CT molecular complexity index is 1340. The Morgan fingerprint density at radius 1 is 1.24 bits per heavy atom. The maximum Gasteiger partial charge on any atom is 0.417 e. The van der Waals surface area contributed by atoms with Crippen molar-refractivity contribution in [2.75, 3.05) is 16.8 Å². The second kappa shape index (κ2) is 7.81. The van der Waals surface area contributed by atoms with E-state index < -0.39 is 53.0 Å². The zero-order valence-corrected chi connectivity index (χ0v) is 17.5. The van der Waals surface area contributed by atoms with Gasteiger partial charge in [-0.15, -0.1) is 0 Å². The number of carbonyl (C=O) groups is 2. The van der Waals surface area contributed by atoms with Gasteiger partial charge in [0, 0.05) is 16.8 Å². The fourth-order valence-electron chi connectivity index (χ4n) is 4.11. The number of nitriles is 1. The van der Waals surface area contributed by atoms with Crippen LogP contribution in [0, 0.1) is 17.1 Å². The number of nitrogens with zero attached hydrogens (tertiary/aromatic N) is 3. The van der Waals surface area contributed by atoms with Gasteiger partial charge in [-0.1, -0.05) is 0 Å². The molecule has 0 aromatic heterocycles. The maximum absolute atomic E-state index is 14.8. The zero-order valence-electron chi connectivity index (χ0n) is 19.7. The molecule has 6 nitrogen and oxygen atoms in total. The number of thiocarbonyl (C=S) groups is 1. The summed E-state index contributed by atoms with van der Waals surface area (Å²) in [5, 5.41) is 10.5. The second-order valence-corrected chi connectivity index (χ2v) is 7.97. The lowest BCUT2D eigenvalue weighted by Crippen LogP contribution is -2.55. The van der Waals surface area contributed by atoms with E-state index in [0.29, 0.717) is 25.3 Å². The van der Waals surface area contributed by atoms with Gasteiger partial charge >= 0.3 is 6.18 Å². The molecule has 0 bridgehead atoms. The summed E-state index contributed by atoms with van der Waals surface area (Å²) in [7, 11) is 0. The Kier molecular flexibility index (Phi) is 4.49. The highest BCUT2D eigenvalue weighted by molar-refractivity contribution is 7.81. The first-order chi connectivity index (χ1) is 16.7. The summed E-state index contributed by atoms with van der Waals surface area (Å²) < 4.78 is 76.7. The number of rotatable bonds is 3. The van der Waals surface area contributed by atoms with Crippen molar-refractivity contribution >= 4 is 40.5 Å². The third kappa shape index (κ3) is 3.41. The van der Waals surface area contributed by atoms with Crippen molar-refractivity contribution in [3.63, 3.8) is 0 Å². The molecule has 2 amide bonds. The fraction of sp³-hybridized carbons (Fsp3) is 0.273. The van der Waals surface area contributed by atoms with E-state index in [1.807, 2.05) is 0 Å². The molecule has 2 aliphatic rings. The van der Waals surface area contributed by atoms with Crippen molar-refractivity contribution in [1.29, 1.82) is 5.26 Å². The van der Waals surface area contributed by atoms with Crippen LogP contribution in [0.3, 0.4) is 0 Å². The van der Waals surface area contributed by atoms with Gasteiger partial charge in [-0.25, -0.2) is 4.39 Å². The lowest BCUT2D eigenvalue weighted by molar-refractivity contribution is -0.137. The van der Waals surface area contributed by atoms with Crippen molar-refractivity contribution in [1.82, 2.24) is 5.32 Å². The molecule has 1 N–H and O–H groups in total. The van der Waals surface area contributed by atoms with Gasteiger partial charge < -0.3 is 10.2 Å². The lowest BCUT2D eigenvalue weighted by Gasteiger charge is -2.43. The van der Waals surface area contributed by atoms with Crippen molar-refractivity contribution in [3.05, 3.63) is 58.9 Å². The molecule has 33 heavy (non-hydrogen) atoms. The monoisotopic (exact) mass is 479 g/mol. The first-order valence-electron chi connectivity index (χ1n) is 11.1. The third-order valence-electron chi connectivity index (χ3n) is 5.85. The van der Waals surface area contributed by atoms with Crippen LogP contribution in [0.5, 0.6) is 0 Å². The standard InChI is InChI=1S/C22H16F4N4O2S/c1-28-18(31)15-6-5-14(10-17(15)23)30-20(33)29(19(32)21(30)7-2-8-21)13-4-3-12(11-27)16(9-13)22(24,25)26/h3-6,9-10H,2,7-8H2,1H3,(H,28,31)/i1D3. The number of hydrogen-bond acceptors (Lipinski definition) is 4. The van der Waals surface area contributed by atoms with E-state index in [-0.39, 0.29) is 16.5 Å². The Labute approximate surface area is 195 Å². The van der Waals surface area contributed by atoms with Crippen LogP contribution in [0.25, 0.3) is 0 Å². The number of amides is 2. The van der Waals surface area contributed by atoms with Gasteiger partial charge in [0.05, 0.1) is 28.4 Å². The molecule has 170 valence electrons. The van der Waals surface area contributed by atoms with E-state index in [2.05, 4.69) is 0 Å². The highest BCUT2D eigenvalue weighted by Crippen LogP contribution is 2.48. The molecule has 1 spiro atoms. The average molecular weight is 479 g/mol. The van der Waals surface area contributed by atoms with Crippen LogP contribution in [-0.2, 0) is 11.0 Å². The van der Waals surface area contributed by atoms with E-state index >= 15 is 0 Å². The first-order valence-corrected chi connectivity index (χ1v) is 10.0. The first kappa shape index (κ1) is 19.0. The van der Waals surface area contributed by atoms with Crippen molar-refractivity contribution < 1.29 is 31.3 Å². The Balaban J connectivity index is 1.75. The van der Waals surface area contributed by atoms with Crippen LogP contribution in [0.1, 0.15) is 44.9 Å². The molecule has 1 saturated heterocycles. The predicted molar refractivity (Wildman–Crippen MR) is 115 cm³/mol. The van der Waals surface area contributed by atoms with E-state index in [1.165, 1.54) is 23.1 Å². The number of anilines is 2. The van der Waals surface area contributed by atoms with Gasteiger partial charge in [0.1, 0.15) is 11.4 Å². The Morgan fingerprint density at radius 3 is 2.48 bits per heavy atom. The van der Waals surface area contributed by atoms with Crippen LogP contribution < -0.4 is 15.1 Å². The average Bonchev–Trinajstić information content (AvgIpc) is 2.98. The summed E-state index contributed by atoms with van der Waals surface area (Å²) >= 11 is 5.46. The van der Waals surface area contributed by atoms with Gasteiger partial charge in [-0.2, -0.15) is 18.4 Å². The fourth-order valence-corrected chi connectivity index (χ4v) is 4.57. The highest BCUT2D eigenvalue weighted by Gasteiger charge is 2.59. The Morgan fingerprint density at radius 2 is 1.94 bits per heavy atom. The van der Waals surface area contributed by atoms with Crippen LogP contribution >= 0.6 is 12.2 Å². The molecule has 2 aromatic carbocycles. The largest absolute Gasteiger partial charge is 0.417 e. The lowest BCUT2D eigenvalue weighted by atomic mass is 9.75. The maximum atomic E-state index is 14.8. The van der Waals surface area contributed by atoms with Gasteiger partial charge in [0.2, 0.25) is 0 Å². The smallest absolute Gasteiger partial charge is 0.355 e. The molecular formula is C22H16F4N4O2S. The molecule has 1 aliphatic carbocycles. The molecule has 1 saturated carbocycles. The summed E-state index contributed by atoms with van der Waals surface area (Å²) in [6.07, 6.45) is -3.64. The van der Waals surface area contributed by atoms with E-state index in [9.17, 15) is 27.2 Å². The summed E-state index contributed by atoms with van der Waals surface area (Å²) in [4.78, 5) is 27.8. The van der Waals surface area contributed by atoms with Crippen LogP contribution in [0.4, 0.5) is 28.9 Å². The second-order valence-electron chi connectivity index (χ2n) is 7.60. The van der Waals surface area contributed by atoms with Crippen LogP contribution in [0.2, 0.25) is 0 Å². The minimum absolute atomic E-state index is 0.0724.